The van der Waals surface area contributed by atoms with Crippen molar-refractivity contribution in [1.82, 2.24) is 25.1 Å². The second kappa shape index (κ2) is 9.38. The van der Waals surface area contributed by atoms with Crippen LogP contribution in [0.4, 0.5) is 15.1 Å². The number of aryl methyl sites for hydroxylation is 1. The number of carbonyl (C=O) groups is 1. The van der Waals surface area contributed by atoms with E-state index < -0.39 is 0 Å². The van der Waals surface area contributed by atoms with Gasteiger partial charge in [-0.3, -0.25) is 5.32 Å². The summed E-state index contributed by atoms with van der Waals surface area (Å²) in [5.74, 6) is 1.12. The molecule has 5 rings (SSSR count). The number of amides is 2. The van der Waals surface area contributed by atoms with Crippen LogP contribution in [0.3, 0.4) is 0 Å². The van der Waals surface area contributed by atoms with E-state index in [0.717, 1.165) is 30.6 Å². The average Bonchev–Trinajstić information content (AvgIpc) is 3.45. The molecule has 9 nitrogen and oxygen atoms in total. The zero-order valence-electron chi connectivity index (χ0n) is 19.0. The van der Waals surface area contributed by atoms with Crippen LogP contribution in [-0.4, -0.2) is 56.4 Å². The molecule has 3 heterocycles. The number of carbonyl (C=O) groups excluding carboxylic acids is 1. The molecule has 0 radical (unpaired) electrons. The van der Waals surface area contributed by atoms with Gasteiger partial charge in [-0.1, -0.05) is 29.4 Å². The van der Waals surface area contributed by atoms with Gasteiger partial charge in [-0.25, -0.2) is 13.9 Å². The second-order valence-corrected chi connectivity index (χ2v) is 8.93. The lowest BCUT2D eigenvalue weighted by Gasteiger charge is -2.38. The maximum Gasteiger partial charge on any atom is 0.324 e. The number of aromatic nitrogens is 4. The average molecular weight is 467 g/mol. The van der Waals surface area contributed by atoms with Gasteiger partial charge in [0.05, 0.1) is 12.2 Å². The van der Waals surface area contributed by atoms with Crippen molar-refractivity contribution in [2.24, 2.45) is 7.05 Å². The molecule has 0 aliphatic carbocycles. The van der Waals surface area contributed by atoms with Crippen molar-refractivity contribution in [2.45, 2.75) is 37.4 Å². The molecule has 0 bridgehead atoms. The molecule has 3 aromatic rings. The number of halogens is 1. The number of ether oxygens (including phenoxy) is 2. The summed E-state index contributed by atoms with van der Waals surface area (Å²) < 4.78 is 26.8. The highest BCUT2D eigenvalue weighted by Gasteiger charge is 2.43. The largest absolute Gasteiger partial charge is 0.489 e. The molecule has 1 unspecified atom stereocenters. The topological polar surface area (TPSA) is 94.4 Å². The Labute approximate surface area is 196 Å². The first kappa shape index (κ1) is 22.3. The van der Waals surface area contributed by atoms with Crippen LogP contribution in [-0.2, 0) is 18.4 Å². The first-order valence-electron chi connectivity index (χ1n) is 11.4. The molecule has 2 aromatic carbocycles. The number of tetrazole rings is 1. The van der Waals surface area contributed by atoms with Crippen LogP contribution in [0.15, 0.2) is 48.5 Å². The Bertz CT molecular complexity index is 1140. The monoisotopic (exact) mass is 466 g/mol. The lowest BCUT2D eigenvalue weighted by Crippen LogP contribution is -2.48. The Hall–Kier alpha value is -3.53. The molecule has 2 saturated heterocycles. The van der Waals surface area contributed by atoms with E-state index in [1.54, 1.807) is 18.0 Å². The van der Waals surface area contributed by atoms with Gasteiger partial charge in [-0.15, -0.1) is 0 Å². The SMILES string of the molecule is Cn1nnnc1NC(=O)N1CCC2(CC1)CC(c1ccc(OCc3cccc(F)c3)cc1)CO2. The van der Waals surface area contributed by atoms with Crippen LogP contribution in [0, 0.1) is 5.82 Å². The van der Waals surface area contributed by atoms with Gasteiger partial charge in [-0.05, 0) is 65.1 Å². The van der Waals surface area contributed by atoms with E-state index in [4.69, 9.17) is 9.47 Å². The van der Waals surface area contributed by atoms with E-state index in [2.05, 4.69) is 33.0 Å². The normalized spacial score (nSPS) is 19.4. The van der Waals surface area contributed by atoms with Crippen molar-refractivity contribution in [3.8, 4) is 5.75 Å². The van der Waals surface area contributed by atoms with Crippen molar-refractivity contribution in [3.63, 3.8) is 0 Å². The number of hydrogen-bond donors (Lipinski definition) is 1. The summed E-state index contributed by atoms with van der Waals surface area (Å²) >= 11 is 0. The molecule has 178 valence electrons. The molecule has 2 aliphatic rings. The third kappa shape index (κ3) is 4.86. The Morgan fingerprint density at radius 3 is 2.74 bits per heavy atom. The minimum Gasteiger partial charge on any atom is -0.489 e. The van der Waals surface area contributed by atoms with E-state index in [9.17, 15) is 9.18 Å². The number of piperidine rings is 1. The maximum absolute atomic E-state index is 13.3. The van der Waals surface area contributed by atoms with Crippen molar-refractivity contribution in [1.29, 1.82) is 0 Å². The lowest BCUT2D eigenvalue weighted by atomic mass is 9.83. The molecule has 10 heteroatoms. The first-order valence-corrected chi connectivity index (χ1v) is 11.4. The van der Waals surface area contributed by atoms with Crippen molar-refractivity contribution < 1.29 is 18.7 Å². The fourth-order valence-electron chi connectivity index (χ4n) is 4.66. The number of hydrogen-bond acceptors (Lipinski definition) is 6. The first-order chi connectivity index (χ1) is 16.5. The number of urea groups is 1. The molecule has 2 aliphatic heterocycles. The van der Waals surface area contributed by atoms with Crippen molar-refractivity contribution in [3.05, 3.63) is 65.5 Å². The smallest absolute Gasteiger partial charge is 0.324 e. The van der Waals surface area contributed by atoms with Crippen LogP contribution in [0.25, 0.3) is 0 Å². The zero-order chi connectivity index (χ0) is 23.5. The molecule has 0 saturated carbocycles. The van der Waals surface area contributed by atoms with Crippen molar-refractivity contribution in [2.75, 3.05) is 25.0 Å². The van der Waals surface area contributed by atoms with Crippen molar-refractivity contribution >= 4 is 12.0 Å². The summed E-state index contributed by atoms with van der Waals surface area (Å²) in [5.41, 5.74) is 1.81. The van der Waals surface area contributed by atoms with Gasteiger partial charge in [0.2, 0.25) is 0 Å². The maximum atomic E-state index is 13.3. The summed E-state index contributed by atoms with van der Waals surface area (Å²) in [4.78, 5) is 14.3. The number of rotatable bonds is 5. The number of nitrogens with zero attached hydrogens (tertiary/aromatic N) is 5. The highest BCUT2D eigenvalue weighted by Crippen LogP contribution is 2.43. The molecular formula is C24H27FN6O3. The summed E-state index contributed by atoms with van der Waals surface area (Å²) in [6, 6.07) is 14.3. The third-order valence-electron chi connectivity index (χ3n) is 6.66. The molecule has 1 spiro atoms. The zero-order valence-corrected chi connectivity index (χ0v) is 19.0. The quantitative estimate of drug-likeness (QED) is 0.619. The van der Waals surface area contributed by atoms with Gasteiger partial charge >= 0.3 is 6.03 Å². The number of anilines is 1. The van der Waals surface area contributed by atoms with Gasteiger partial charge in [0.1, 0.15) is 18.2 Å². The number of likely N-dealkylation sites (tertiary alicyclic amines) is 1. The van der Waals surface area contributed by atoms with Gasteiger partial charge in [0.15, 0.2) is 0 Å². The molecule has 1 aromatic heterocycles. The fourth-order valence-corrected chi connectivity index (χ4v) is 4.66. The number of benzene rings is 2. The Balaban J connectivity index is 1.12. The van der Waals surface area contributed by atoms with Crippen LogP contribution < -0.4 is 10.1 Å². The lowest BCUT2D eigenvalue weighted by molar-refractivity contribution is -0.0355. The Morgan fingerprint density at radius 1 is 1.24 bits per heavy atom. The molecule has 2 amide bonds. The standard InChI is InChI=1S/C24H27FN6O3/c1-30-22(27-28-29-30)26-23(32)31-11-9-24(10-12-31)14-19(16-34-24)18-5-7-21(8-6-18)33-15-17-3-2-4-20(25)13-17/h2-8,13,19H,9-12,14-16H2,1H3,(H,26,27,29,32). The highest BCUT2D eigenvalue weighted by molar-refractivity contribution is 5.87. The summed E-state index contributed by atoms with van der Waals surface area (Å²) in [5, 5.41) is 13.8. The molecular weight excluding hydrogens is 439 g/mol. The van der Waals surface area contributed by atoms with Crippen LogP contribution in [0.5, 0.6) is 5.75 Å². The second-order valence-electron chi connectivity index (χ2n) is 8.93. The van der Waals surface area contributed by atoms with Crippen LogP contribution >= 0.6 is 0 Å². The highest BCUT2D eigenvalue weighted by atomic mass is 19.1. The van der Waals surface area contributed by atoms with Crippen LogP contribution in [0.1, 0.15) is 36.3 Å². The minimum atomic E-state index is -0.263. The molecule has 2 fully saturated rings. The van der Waals surface area contributed by atoms with E-state index in [0.29, 0.717) is 38.2 Å². The molecule has 1 N–H and O–H groups in total. The third-order valence-corrected chi connectivity index (χ3v) is 6.66. The number of nitrogens with one attached hydrogen (secondary N) is 1. The van der Waals surface area contributed by atoms with E-state index in [1.165, 1.54) is 22.4 Å². The molecule has 1 atom stereocenters. The summed E-state index contributed by atoms with van der Waals surface area (Å²) in [7, 11) is 1.68. The summed E-state index contributed by atoms with van der Waals surface area (Å²) in [6.07, 6.45) is 2.52. The predicted molar refractivity (Wildman–Crippen MR) is 122 cm³/mol. The minimum absolute atomic E-state index is 0.194. The summed E-state index contributed by atoms with van der Waals surface area (Å²) in [6.45, 7) is 2.23. The molecule has 34 heavy (non-hydrogen) atoms. The van der Waals surface area contributed by atoms with Gasteiger partial charge in [0.25, 0.3) is 5.95 Å². The Morgan fingerprint density at radius 2 is 2.03 bits per heavy atom. The van der Waals surface area contributed by atoms with E-state index in [-0.39, 0.29) is 17.4 Å². The van der Waals surface area contributed by atoms with Crippen LogP contribution in [0.2, 0.25) is 0 Å². The van der Waals surface area contributed by atoms with E-state index in [1.807, 2.05) is 18.2 Å². The predicted octanol–water partition coefficient (Wildman–Crippen LogP) is 3.50. The fraction of sp³-hybridized carbons (Fsp3) is 0.417. The Kier molecular flexibility index (Phi) is 6.14. The van der Waals surface area contributed by atoms with E-state index >= 15 is 0 Å². The van der Waals surface area contributed by atoms with Gasteiger partial charge < -0.3 is 14.4 Å². The van der Waals surface area contributed by atoms with Gasteiger partial charge in [0, 0.05) is 26.1 Å². The van der Waals surface area contributed by atoms with Gasteiger partial charge in [-0.2, -0.15) is 0 Å².